The Balaban J connectivity index is 2.24. The number of carbonyl (C=O) groups excluding carboxylic acids is 1. The number of fused-ring (bicyclic) bond motifs is 2. The number of benzene rings is 2. The van der Waals surface area contributed by atoms with Gasteiger partial charge in [-0.05, 0) is 23.8 Å². The van der Waals surface area contributed by atoms with Crippen molar-refractivity contribution in [1.29, 1.82) is 0 Å². The van der Waals surface area contributed by atoms with Gasteiger partial charge >= 0.3 is 0 Å². The average Bonchev–Trinajstić information content (AvgIpc) is 2.45. The molecule has 6 nitrogen and oxygen atoms in total. The van der Waals surface area contributed by atoms with Crippen LogP contribution in [0.2, 0.25) is 0 Å². The summed E-state index contributed by atoms with van der Waals surface area (Å²) in [6.07, 6.45) is 0. The number of nitrogens with zero attached hydrogens (tertiary/aromatic N) is 1. The lowest BCUT2D eigenvalue weighted by molar-refractivity contribution is -0.114. The Morgan fingerprint density at radius 1 is 1.33 bits per heavy atom. The van der Waals surface area contributed by atoms with Crippen molar-refractivity contribution in [2.24, 2.45) is 0 Å². The van der Waals surface area contributed by atoms with Gasteiger partial charge < -0.3 is 14.8 Å². The van der Waals surface area contributed by atoms with E-state index < -0.39 is 0 Å². The van der Waals surface area contributed by atoms with Crippen molar-refractivity contribution in [1.82, 2.24) is 4.98 Å². The number of hydrogen-bond donors (Lipinski definition) is 2. The Bertz CT molecular complexity index is 869. The number of aromatic nitrogens is 1. The van der Waals surface area contributed by atoms with E-state index in [0.29, 0.717) is 28.1 Å². The van der Waals surface area contributed by atoms with Gasteiger partial charge in [-0.3, -0.25) is 9.59 Å². The third-order valence-electron chi connectivity index (χ3n) is 3.04. The maximum Gasteiger partial charge on any atom is 0.221 e. The number of rotatable bonds is 2. The highest BCUT2D eigenvalue weighted by Gasteiger charge is 2.13. The molecule has 0 spiro atoms. The zero-order chi connectivity index (χ0) is 15.0. The van der Waals surface area contributed by atoms with Gasteiger partial charge in [-0.25, -0.2) is 4.98 Å². The summed E-state index contributed by atoms with van der Waals surface area (Å²) >= 11 is 0. The summed E-state index contributed by atoms with van der Waals surface area (Å²) < 4.78 is 5.63. The van der Waals surface area contributed by atoms with E-state index in [9.17, 15) is 9.59 Å². The standard InChI is InChI=1S/C15H12N2O4/c1-8(19)16-10-5-12-15(6-13(10)20)21-14-3-2-9(7-18)4-11(14)17-12/h2-6,18H,7H2,1H3,(H,16,19). The summed E-state index contributed by atoms with van der Waals surface area (Å²) in [5, 5.41) is 11.6. The van der Waals surface area contributed by atoms with Crippen molar-refractivity contribution >= 4 is 22.7 Å². The van der Waals surface area contributed by atoms with Crippen LogP contribution in [0.15, 0.2) is 39.5 Å². The van der Waals surface area contributed by atoms with Crippen LogP contribution >= 0.6 is 0 Å². The SMILES string of the molecule is CC(=O)Nc1cc2nc3cc(CO)ccc3oc-2cc1=O. The Morgan fingerprint density at radius 3 is 2.86 bits per heavy atom. The number of aliphatic hydroxyl groups is 1. The summed E-state index contributed by atoms with van der Waals surface area (Å²) in [6.45, 7) is 1.24. The van der Waals surface area contributed by atoms with Crippen molar-refractivity contribution in [3.05, 3.63) is 46.1 Å². The number of hydrogen-bond acceptors (Lipinski definition) is 5. The molecule has 0 fully saturated rings. The molecule has 2 N–H and O–H groups in total. The summed E-state index contributed by atoms with van der Waals surface area (Å²) in [5.74, 6) is 0.0186. The van der Waals surface area contributed by atoms with Crippen molar-refractivity contribution < 1.29 is 14.3 Å². The van der Waals surface area contributed by atoms with E-state index >= 15 is 0 Å². The molecule has 0 saturated heterocycles. The van der Waals surface area contributed by atoms with Crippen LogP contribution in [0.3, 0.4) is 0 Å². The van der Waals surface area contributed by atoms with Crippen molar-refractivity contribution in [3.63, 3.8) is 0 Å². The van der Waals surface area contributed by atoms with Crippen LogP contribution in [-0.4, -0.2) is 16.0 Å². The second-order valence-corrected chi connectivity index (χ2v) is 4.67. The van der Waals surface area contributed by atoms with E-state index in [-0.39, 0.29) is 23.6 Å². The third-order valence-corrected chi connectivity index (χ3v) is 3.04. The first-order valence-corrected chi connectivity index (χ1v) is 6.33. The lowest BCUT2D eigenvalue weighted by atomic mass is 10.1. The third kappa shape index (κ3) is 2.48. The number of carbonyl (C=O) groups is 1. The molecule has 0 radical (unpaired) electrons. The molecule has 106 valence electrons. The van der Waals surface area contributed by atoms with Gasteiger partial charge in [0, 0.05) is 13.0 Å². The van der Waals surface area contributed by atoms with Crippen LogP contribution in [0.1, 0.15) is 12.5 Å². The molecule has 1 amide bonds. The molecule has 0 atom stereocenters. The fourth-order valence-electron chi connectivity index (χ4n) is 2.09. The second-order valence-electron chi connectivity index (χ2n) is 4.67. The largest absolute Gasteiger partial charge is 0.453 e. The minimum atomic E-state index is -0.338. The maximum absolute atomic E-state index is 11.9. The van der Waals surface area contributed by atoms with Gasteiger partial charge in [0.1, 0.15) is 11.2 Å². The molecule has 6 heteroatoms. The number of amides is 1. The zero-order valence-corrected chi connectivity index (χ0v) is 11.2. The van der Waals surface area contributed by atoms with Crippen LogP contribution in [0.25, 0.3) is 22.6 Å². The van der Waals surface area contributed by atoms with Gasteiger partial charge in [0.25, 0.3) is 0 Å². The Labute approximate surface area is 119 Å². The topological polar surface area (TPSA) is 92.4 Å². The summed E-state index contributed by atoms with van der Waals surface area (Å²) in [4.78, 5) is 27.3. The molecule has 21 heavy (non-hydrogen) atoms. The zero-order valence-electron chi connectivity index (χ0n) is 11.2. The summed E-state index contributed by atoms with van der Waals surface area (Å²) in [5.41, 5.74) is 2.09. The number of nitrogens with one attached hydrogen (secondary N) is 1. The molecule has 2 aliphatic rings. The molecule has 0 unspecified atom stereocenters. The van der Waals surface area contributed by atoms with Gasteiger partial charge in [0.05, 0.1) is 12.3 Å². The highest BCUT2D eigenvalue weighted by molar-refractivity contribution is 5.89. The van der Waals surface area contributed by atoms with E-state index in [4.69, 9.17) is 9.52 Å². The molecule has 0 bridgehead atoms. The first kappa shape index (κ1) is 13.3. The van der Waals surface area contributed by atoms with Crippen LogP contribution < -0.4 is 10.7 Å². The van der Waals surface area contributed by atoms with E-state index in [1.54, 1.807) is 18.2 Å². The van der Waals surface area contributed by atoms with Gasteiger partial charge in [-0.1, -0.05) is 6.07 Å². The first-order chi connectivity index (χ1) is 10.1. The molecular weight excluding hydrogens is 272 g/mol. The molecule has 0 aromatic heterocycles. The highest BCUT2D eigenvalue weighted by atomic mass is 16.3. The number of anilines is 1. The van der Waals surface area contributed by atoms with E-state index in [1.807, 2.05) is 0 Å². The lowest BCUT2D eigenvalue weighted by Gasteiger charge is -2.09. The van der Waals surface area contributed by atoms with Gasteiger partial charge in [0.15, 0.2) is 11.3 Å². The van der Waals surface area contributed by atoms with Crippen LogP contribution in [0.4, 0.5) is 5.69 Å². The van der Waals surface area contributed by atoms with Crippen LogP contribution in [0, 0.1) is 0 Å². The lowest BCUT2D eigenvalue weighted by Crippen LogP contribution is -2.15. The van der Waals surface area contributed by atoms with Gasteiger partial charge in [-0.15, -0.1) is 0 Å². The molecule has 3 rings (SSSR count). The highest BCUT2D eigenvalue weighted by Crippen LogP contribution is 2.26. The molecule has 1 aliphatic carbocycles. The second kappa shape index (κ2) is 4.99. The Kier molecular flexibility index (Phi) is 3.15. The molecule has 1 heterocycles. The fraction of sp³-hybridized carbons (Fsp3) is 0.133. The maximum atomic E-state index is 11.9. The van der Waals surface area contributed by atoms with Crippen molar-refractivity contribution in [3.8, 4) is 11.5 Å². The summed E-state index contributed by atoms with van der Waals surface area (Å²) in [7, 11) is 0. The molecule has 0 saturated carbocycles. The Hall–Kier alpha value is -2.73. The number of aliphatic hydroxyl groups excluding tert-OH is 1. The van der Waals surface area contributed by atoms with E-state index in [2.05, 4.69) is 10.3 Å². The van der Waals surface area contributed by atoms with E-state index in [1.165, 1.54) is 19.1 Å². The quantitative estimate of drug-likeness (QED) is 0.699. The molecular formula is C15H12N2O4. The van der Waals surface area contributed by atoms with Crippen LogP contribution in [0.5, 0.6) is 0 Å². The van der Waals surface area contributed by atoms with Gasteiger partial charge in [-0.2, -0.15) is 0 Å². The van der Waals surface area contributed by atoms with Crippen LogP contribution in [-0.2, 0) is 11.4 Å². The van der Waals surface area contributed by atoms with E-state index in [0.717, 1.165) is 0 Å². The minimum Gasteiger partial charge on any atom is -0.453 e. The predicted octanol–water partition coefficient (Wildman–Crippen LogP) is 1.74. The normalized spacial score (nSPS) is 11.0. The fourth-order valence-corrected chi connectivity index (χ4v) is 2.09. The molecule has 1 aliphatic heterocycles. The van der Waals surface area contributed by atoms with Gasteiger partial charge in [0.2, 0.25) is 11.3 Å². The predicted molar refractivity (Wildman–Crippen MR) is 77.1 cm³/mol. The van der Waals surface area contributed by atoms with Crippen molar-refractivity contribution in [2.75, 3.05) is 5.32 Å². The molecule has 1 aromatic carbocycles. The smallest absolute Gasteiger partial charge is 0.221 e. The summed E-state index contributed by atoms with van der Waals surface area (Å²) in [6, 6.07) is 7.91. The minimum absolute atomic E-state index is 0.0910. The molecule has 1 aromatic rings. The monoisotopic (exact) mass is 284 g/mol. The van der Waals surface area contributed by atoms with Crippen molar-refractivity contribution in [2.45, 2.75) is 13.5 Å². The first-order valence-electron chi connectivity index (χ1n) is 6.33. The Morgan fingerprint density at radius 2 is 2.14 bits per heavy atom. The average molecular weight is 284 g/mol.